The van der Waals surface area contributed by atoms with Gasteiger partial charge in [0.1, 0.15) is 0 Å². The second kappa shape index (κ2) is 5.82. The van der Waals surface area contributed by atoms with Gasteiger partial charge in [-0.15, -0.1) is 0 Å². The monoisotopic (exact) mass is 290 g/mol. The van der Waals surface area contributed by atoms with Gasteiger partial charge in [0.15, 0.2) is 11.5 Å². The number of methoxy groups -OCH3 is 1. The molecule has 0 bridgehead atoms. The molecule has 3 rings (SSSR count). The molecule has 0 aliphatic heterocycles. The largest absolute Gasteiger partial charge is 0.492 e. The van der Waals surface area contributed by atoms with E-state index in [-0.39, 0.29) is 17.3 Å². The normalized spacial score (nSPS) is 14.9. The average Bonchev–Trinajstić information content (AvgIpc) is 2.57. The van der Waals surface area contributed by atoms with Crippen LogP contribution in [0.2, 0.25) is 0 Å². The van der Waals surface area contributed by atoms with Gasteiger partial charge in [-0.25, -0.2) is 0 Å². The number of hydrogen-bond acceptors (Lipinski definition) is 3. The molecular weight excluding hydrogens is 276 g/mol. The molecule has 108 valence electrons. The van der Waals surface area contributed by atoms with Crippen molar-refractivity contribution in [3.05, 3.63) is 83.6 Å². The highest BCUT2D eigenvalue weighted by molar-refractivity contribution is 6.45. The maximum absolute atomic E-state index is 12.7. The van der Waals surface area contributed by atoms with Crippen molar-refractivity contribution in [1.29, 1.82) is 0 Å². The van der Waals surface area contributed by atoms with Crippen molar-refractivity contribution in [2.45, 2.75) is 0 Å². The van der Waals surface area contributed by atoms with Crippen LogP contribution < -0.4 is 0 Å². The van der Waals surface area contributed by atoms with E-state index < -0.39 is 0 Å². The lowest BCUT2D eigenvalue weighted by molar-refractivity contribution is -0.115. The van der Waals surface area contributed by atoms with E-state index in [0.29, 0.717) is 22.3 Å². The van der Waals surface area contributed by atoms with Crippen LogP contribution in [0.25, 0.3) is 11.1 Å². The lowest BCUT2D eigenvalue weighted by Crippen LogP contribution is -2.19. The molecular formula is C19H14O3. The molecule has 22 heavy (non-hydrogen) atoms. The summed E-state index contributed by atoms with van der Waals surface area (Å²) in [5, 5.41) is 0. The minimum atomic E-state index is -0.271. The first kappa shape index (κ1) is 14.0. The van der Waals surface area contributed by atoms with Gasteiger partial charge in [-0.2, -0.15) is 0 Å². The summed E-state index contributed by atoms with van der Waals surface area (Å²) in [5.74, 6) is -0.397. The first-order valence-corrected chi connectivity index (χ1v) is 6.92. The molecule has 0 aromatic heterocycles. The van der Waals surface area contributed by atoms with Gasteiger partial charge in [0, 0.05) is 5.57 Å². The molecule has 0 unspecified atom stereocenters. The zero-order valence-corrected chi connectivity index (χ0v) is 12.1. The van der Waals surface area contributed by atoms with Crippen LogP contribution in [0, 0.1) is 0 Å². The lowest BCUT2D eigenvalue weighted by Gasteiger charge is -2.18. The fraction of sp³-hybridized carbons (Fsp3) is 0.0526. The maximum atomic E-state index is 12.7. The van der Waals surface area contributed by atoms with E-state index in [9.17, 15) is 9.59 Å². The number of carbonyl (C=O) groups excluding carboxylic acids is 2. The van der Waals surface area contributed by atoms with Crippen LogP contribution in [0.1, 0.15) is 11.1 Å². The number of ether oxygens (including phenoxy) is 1. The maximum Gasteiger partial charge on any atom is 0.229 e. The number of ketones is 2. The van der Waals surface area contributed by atoms with E-state index in [1.165, 1.54) is 13.2 Å². The van der Waals surface area contributed by atoms with Crippen LogP contribution in [0.4, 0.5) is 0 Å². The molecule has 0 amide bonds. The number of carbonyl (C=O) groups is 2. The molecule has 3 heteroatoms. The molecule has 0 fully saturated rings. The Balaban J connectivity index is 2.12. The fourth-order valence-electron chi connectivity index (χ4n) is 2.52. The number of benzene rings is 2. The first-order valence-electron chi connectivity index (χ1n) is 6.92. The van der Waals surface area contributed by atoms with Gasteiger partial charge in [-0.1, -0.05) is 60.7 Å². The summed E-state index contributed by atoms with van der Waals surface area (Å²) in [6.07, 6.45) is 1.39. The third-order valence-corrected chi connectivity index (χ3v) is 3.55. The molecule has 0 N–H and O–H groups in total. The SMILES string of the molecule is COC1=C(c2ccccc2)C(=O)C=C(c2ccccc2)C1=O. The summed E-state index contributed by atoms with van der Waals surface area (Å²) in [7, 11) is 1.41. The molecule has 3 nitrogen and oxygen atoms in total. The minimum Gasteiger partial charge on any atom is -0.492 e. The summed E-state index contributed by atoms with van der Waals surface area (Å²) >= 11 is 0. The number of allylic oxidation sites excluding steroid dienone is 3. The van der Waals surface area contributed by atoms with E-state index in [2.05, 4.69) is 0 Å². The fourth-order valence-corrected chi connectivity index (χ4v) is 2.52. The topological polar surface area (TPSA) is 43.4 Å². The zero-order chi connectivity index (χ0) is 15.5. The van der Waals surface area contributed by atoms with E-state index in [0.717, 1.165) is 0 Å². The van der Waals surface area contributed by atoms with Gasteiger partial charge in [0.2, 0.25) is 5.78 Å². The minimum absolute atomic E-state index is 0.0950. The van der Waals surface area contributed by atoms with Crippen molar-refractivity contribution in [1.82, 2.24) is 0 Å². The van der Waals surface area contributed by atoms with Crippen molar-refractivity contribution in [2.75, 3.05) is 7.11 Å². The second-order valence-electron chi connectivity index (χ2n) is 4.89. The van der Waals surface area contributed by atoms with Gasteiger partial charge in [-0.3, -0.25) is 9.59 Å². The summed E-state index contributed by atoms with van der Waals surface area (Å²) in [4.78, 5) is 25.2. The third-order valence-electron chi connectivity index (χ3n) is 3.55. The van der Waals surface area contributed by atoms with Crippen molar-refractivity contribution in [2.24, 2.45) is 0 Å². The Morgan fingerprint density at radius 3 is 1.86 bits per heavy atom. The van der Waals surface area contributed by atoms with E-state index in [1.807, 2.05) is 36.4 Å². The van der Waals surface area contributed by atoms with Crippen molar-refractivity contribution >= 4 is 22.7 Å². The highest BCUT2D eigenvalue weighted by atomic mass is 16.5. The number of Topliss-reactive ketones (excluding diaryl/α,β-unsaturated/α-hetero) is 1. The summed E-state index contributed by atoms with van der Waals surface area (Å²) in [6.45, 7) is 0. The zero-order valence-electron chi connectivity index (χ0n) is 12.1. The average molecular weight is 290 g/mol. The van der Waals surface area contributed by atoms with E-state index in [1.54, 1.807) is 24.3 Å². The standard InChI is InChI=1S/C19H14O3/c1-22-19-17(14-10-6-3-7-11-14)16(20)12-15(18(19)21)13-8-4-2-5-9-13/h2-12H,1H3. The summed E-state index contributed by atoms with van der Waals surface area (Å²) in [6, 6.07) is 18.2. The van der Waals surface area contributed by atoms with Crippen molar-refractivity contribution in [3.63, 3.8) is 0 Å². The Kier molecular flexibility index (Phi) is 3.71. The van der Waals surface area contributed by atoms with Crippen LogP contribution in [0.3, 0.4) is 0 Å². The molecule has 0 atom stereocenters. The molecule has 0 heterocycles. The molecule has 1 aliphatic carbocycles. The lowest BCUT2D eigenvalue weighted by atomic mass is 9.87. The van der Waals surface area contributed by atoms with Gasteiger partial charge in [0.05, 0.1) is 12.7 Å². The highest BCUT2D eigenvalue weighted by Crippen LogP contribution is 2.31. The molecule has 1 aliphatic rings. The first-order chi connectivity index (χ1) is 10.7. The van der Waals surface area contributed by atoms with Crippen LogP contribution in [0.5, 0.6) is 0 Å². The summed E-state index contributed by atoms with van der Waals surface area (Å²) < 4.78 is 5.26. The molecule has 2 aromatic rings. The Morgan fingerprint density at radius 2 is 1.32 bits per heavy atom. The molecule has 0 saturated heterocycles. The molecule has 0 radical (unpaired) electrons. The Hall–Kier alpha value is -2.94. The Labute approximate surface area is 128 Å². The smallest absolute Gasteiger partial charge is 0.229 e. The number of rotatable bonds is 3. The molecule has 2 aromatic carbocycles. The van der Waals surface area contributed by atoms with Crippen LogP contribution in [-0.2, 0) is 14.3 Å². The Bertz CT molecular complexity index is 784. The number of hydrogen-bond donors (Lipinski definition) is 0. The predicted molar refractivity (Wildman–Crippen MR) is 84.8 cm³/mol. The van der Waals surface area contributed by atoms with Crippen LogP contribution in [0.15, 0.2) is 72.5 Å². The quantitative estimate of drug-likeness (QED) is 0.815. The van der Waals surface area contributed by atoms with E-state index >= 15 is 0 Å². The predicted octanol–water partition coefficient (Wildman–Crippen LogP) is 3.28. The molecule has 0 saturated carbocycles. The van der Waals surface area contributed by atoms with Crippen molar-refractivity contribution < 1.29 is 14.3 Å². The Morgan fingerprint density at radius 1 is 0.773 bits per heavy atom. The van der Waals surface area contributed by atoms with Crippen LogP contribution >= 0.6 is 0 Å². The van der Waals surface area contributed by atoms with Crippen LogP contribution in [-0.4, -0.2) is 18.7 Å². The van der Waals surface area contributed by atoms with Gasteiger partial charge in [-0.05, 0) is 17.2 Å². The van der Waals surface area contributed by atoms with Gasteiger partial charge in [0.25, 0.3) is 0 Å². The third kappa shape index (κ3) is 2.37. The molecule has 0 spiro atoms. The highest BCUT2D eigenvalue weighted by Gasteiger charge is 2.30. The van der Waals surface area contributed by atoms with Gasteiger partial charge < -0.3 is 4.74 Å². The van der Waals surface area contributed by atoms with E-state index in [4.69, 9.17) is 4.74 Å². The second-order valence-corrected chi connectivity index (χ2v) is 4.89. The summed E-state index contributed by atoms with van der Waals surface area (Å²) in [5.41, 5.74) is 2.07. The van der Waals surface area contributed by atoms with Gasteiger partial charge >= 0.3 is 0 Å². The van der Waals surface area contributed by atoms with Crippen molar-refractivity contribution in [3.8, 4) is 0 Å².